The molecule has 37 heavy (non-hydrogen) atoms. The molecular weight excluding hydrogens is 525 g/mol. The van der Waals surface area contributed by atoms with Crippen LogP contribution in [0, 0.1) is 20.8 Å². The lowest BCUT2D eigenvalue weighted by molar-refractivity contribution is -0.113. The largest absolute Gasteiger partial charge is 0.462 e. The second-order valence-corrected chi connectivity index (χ2v) is 11.4. The highest BCUT2D eigenvalue weighted by molar-refractivity contribution is 7.99. The van der Waals surface area contributed by atoms with Crippen LogP contribution < -0.4 is 5.32 Å². The summed E-state index contributed by atoms with van der Waals surface area (Å²) in [5, 5.41) is 15.0. The van der Waals surface area contributed by atoms with Crippen molar-refractivity contribution >= 4 is 51.3 Å². The molecule has 0 fully saturated rings. The Labute approximate surface area is 228 Å². The van der Waals surface area contributed by atoms with Crippen molar-refractivity contribution in [3.63, 3.8) is 0 Å². The third-order valence-electron chi connectivity index (χ3n) is 5.76. The minimum absolute atomic E-state index is 0.113. The standard InChI is InChI=1S/C27H28N4O3S3/c1-6-13-31-24(20-14-35-18(5)23(20)19-11-9-8-10-12-19)29-30-27(31)36-15-21(32)28-25-22(26(33)34-7-2)16(3)17(4)37-25/h6,8-12,14H,1,7,13,15H2,2-5H3,(H,28,32). The highest BCUT2D eigenvalue weighted by atomic mass is 32.2. The van der Waals surface area contributed by atoms with Crippen LogP contribution in [0.25, 0.3) is 22.5 Å². The van der Waals surface area contributed by atoms with Gasteiger partial charge >= 0.3 is 5.97 Å². The van der Waals surface area contributed by atoms with Crippen molar-refractivity contribution in [3.05, 3.63) is 69.2 Å². The van der Waals surface area contributed by atoms with Crippen molar-refractivity contribution in [2.45, 2.75) is 39.4 Å². The first kappa shape index (κ1) is 26.8. The Kier molecular flexibility index (Phi) is 8.63. The SMILES string of the molecule is C=CCn1c(SCC(=O)Nc2sc(C)c(C)c2C(=O)OCC)nnc1-c1csc(C)c1-c1ccccc1. The van der Waals surface area contributed by atoms with Gasteiger partial charge in [-0.05, 0) is 38.8 Å². The Morgan fingerprint density at radius 1 is 1.16 bits per heavy atom. The van der Waals surface area contributed by atoms with Crippen molar-refractivity contribution in [2.24, 2.45) is 0 Å². The van der Waals surface area contributed by atoms with E-state index in [1.807, 2.05) is 36.6 Å². The third-order valence-corrected chi connectivity index (χ3v) is 8.76. The molecule has 0 radical (unpaired) electrons. The van der Waals surface area contributed by atoms with Gasteiger partial charge in [0.2, 0.25) is 5.91 Å². The summed E-state index contributed by atoms with van der Waals surface area (Å²) < 4.78 is 7.16. The molecule has 0 atom stereocenters. The first-order valence-electron chi connectivity index (χ1n) is 11.7. The van der Waals surface area contributed by atoms with Gasteiger partial charge in [-0.15, -0.1) is 39.4 Å². The van der Waals surface area contributed by atoms with E-state index in [9.17, 15) is 9.59 Å². The van der Waals surface area contributed by atoms with Crippen LogP contribution in [0.1, 0.15) is 32.6 Å². The Morgan fingerprint density at radius 3 is 2.62 bits per heavy atom. The van der Waals surface area contributed by atoms with Crippen molar-refractivity contribution in [1.82, 2.24) is 14.8 Å². The zero-order chi connectivity index (χ0) is 26.5. The van der Waals surface area contributed by atoms with Crippen molar-refractivity contribution in [1.29, 1.82) is 0 Å². The number of aryl methyl sites for hydroxylation is 2. The Hall–Kier alpha value is -3.21. The fourth-order valence-electron chi connectivity index (χ4n) is 3.93. The van der Waals surface area contributed by atoms with Crippen LogP contribution in [-0.2, 0) is 16.1 Å². The molecule has 3 heterocycles. The number of nitrogens with one attached hydrogen (secondary N) is 1. The number of thiophene rings is 2. The molecular formula is C27H28N4O3S3. The fourth-order valence-corrected chi connectivity index (χ4v) is 6.60. The van der Waals surface area contributed by atoms with Crippen molar-refractivity contribution < 1.29 is 14.3 Å². The number of anilines is 1. The molecule has 3 aromatic heterocycles. The lowest BCUT2D eigenvalue weighted by Gasteiger charge is -2.10. The number of benzene rings is 1. The van der Waals surface area contributed by atoms with E-state index in [1.165, 1.54) is 28.0 Å². The number of allylic oxidation sites excluding steroid dienone is 1. The molecule has 1 amide bonds. The Morgan fingerprint density at radius 2 is 1.92 bits per heavy atom. The summed E-state index contributed by atoms with van der Waals surface area (Å²) in [4.78, 5) is 27.5. The van der Waals surface area contributed by atoms with Crippen molar-refractivity contribution in [3.8, 4) is 22.5 Å². The first-order valence-corrected chi connectivity index (χ1v) is 14.4. The highest BCUT2D eigenvalue weighted by Gasteiger charge is 2.23. The lowest BCUT2D eigenvalue weighted by atomic mass is 10.0. The molecule has 192 valence electrons. The van der Waals surface area contributed by atoms with Gasteiger partial charge in [-0.3, -0.25) is 9.36 Å². The predicted octanol–water partition coefficient (Wildman–Crippen LogP) is 6.75. The maximum atomic E-state index is 12.9. The number of rotatable bonds is 10. The number of amides is 1. The van der Waals surface area contributed by atoms with E-state index in [1.54, 1.807) is 24.3 Å². The number of hydrogen-bond acceptors (Lipinski definition) is 8. The van der Waals surface area contributed by atoms with Crippen LogP contribution in [0.3, 0.4) is 0 Å². The summed E-state index contributed by atoms with van der Waals surface area (Å²) in [7, 11) is 0. The molecule has 0 unspecified atom stereocenters. The summed E-state index contributed by atoms with van der Waals surface area (Å²) >= 11 is 4.34. The van der Waals surface area contributed by atoms with Crippen LogP contribution >= 0.6 is 34.4 Å². The maximum Gasteiger partial charge on any atom is 0.341 e. The van der Waals surface area contributed by atoms with E-state index >= 15 is 0 Å². The number of thioether (sulfide) groups is 1. The summed E-state index contributed by atoms with van der Waals surface area (Å²) in [6.07, 6.45) is 1.79. The summed E-state index contributed by atoms with van der Waals surface area (Å²) in [6.45, 7) is 12.3. The van der Waals surface area contributed by atoms with Crippen molar-refractivity contribution in [2.75, 3.05) is 17.7 Å². The van der Waals surface area contributed by atoms with Crippen LogP contribution in [0.2, 0.25) is 0 Å². The summed E-state index contributed by atoms with van der Waals surface area (Å²) in [6, 6.07) is 10.2. The molecule has 4 rings (SSSR count). The van der Waals surface area contributed by atoms with Crippen LogP contribution in [0.5, 0.6) is 0 Å². The summed E-state index contributed by atoms with van der Waals surface area (Å²) in [5.74, 6) is 0.188. The zero-order valence-electron chi connectivity index (χ0n) is 21.2. The molecule has 0 spiro atoms. The molecule has 0 aliphatic heterocycles. The van der Waals surface area contributed by atoms with Gasteiger partial charge in [-0.2, -0.15) is 0 Å². The van der Waals surface area contributed by atoms with E-state index in [2.05, 4.69) is 46.5 Å². The number of carbonyl (C=O) groups is 2. The molecule has 1 aromatic carbocycles. The summed E-state index contributed by atoms with van der Waals surface area (Å²) in [5.41, 5.74) is 4.50. The third kappa shape index (κ3) is 5.71. The molecule has 10 heteroatoms. The highest BCUT2D eigenvalue weighted by Crippen LogP contribution is 2.39. The zero-order valence-corrected chi connectivity index (χ0v) is 23.6. The lowest BCUT2D eigenvalue weighted by Crippen LogP contribution is -2.17. The molecule has 0 saturated heterocycles. The number of nitrogens with zero attached hydrogens (tertiary/aromatic N) is 3. The fraction of sp³-hybridized carbons (Fsp3) is 0.259. The van der Waals surface area contributed by atoms with Gasteiger partial charge < -0.3 is 10.1 Å². The van der Waals surface area contributed by atoms with Crippen LogP contribution in [0.15, 0.2) is 53.5 Å². The molecule has 7 nitrogen and oxygen atoms in total. The smallest absolute Gasteiger partial charge is 0.341 e. The molecule has 0 bridgehead atoms. The second kappa shape index (κ2) is 11.9. The molecule has 0 saturated carbocycles. The molecule has 4 aromatic rings. The normalized spacial score (nSPS) is 10.9. The van der Waals surface area contributed by atoms with Gasteiger partial charge in [0.15, 0.2) is 11.0 Å². The van der Waals surface area contributed by atoms with Crippen LogP contribution in [0.4, 0.5) is 5.00 Å². The van der Waals surface area contributed by atoms with Gasteiger partial charge in [0.05, 0.1) is 17.9 Å². The number of aromatic nitrogens is 3. The van der Waals surface area contributed by atoms with Gasteiger partial charge in [0.25, 0.3) is 0 Å². The van der Waals surface area contributed by atoms with Crippen LogP contribution in [-0.4, -0.2) is 39.0 Å². The van der Waals surface area contributed by atoms with E-state index in [4.69, 9.17) is 4.74 Å². The first-order chi connectivity index (χ1) is 17.8. The van der Waals surface area contributed by atoms with E-state index in [0.29, 0.717) is 22.3 Å². The maximum absolute atomic E-state index is 12.9. The van der Waals surface area contributed by atoms with Gasteiger partial charge in [0.1, 0.15) is 5.00 Å². The quantitative estimate of drug-likeness (QED) is 0.133. The Balaban J connectivity index is 1.56. The van der Waals surface area contributed by atoms with Gasteiger partial charge in [-0.25, -0.2) is 4.79 Å². The van der Waals surface area contributed by atoms with E-state index < -0.39 is 5.97 Å². The predicted molar refractivity (Wildman–Crippen MR) is 153 cm³/mol. The average molecular weight is 553 g/mol. The van der Waals surface area contributed by atoms with Gasteiger partial charge in [0, 0.05) is 32.8 Å². The van der Waals surface area contributed by atoms with Gasteiger partial charge in [-0.1, -0.05) is 48.2 Å². The number of carbonyl (C=O) groups excluding carboxylic acids is 2. The molecule has 0 aliphatic rings. The average Bonchev–Trinajstić information content (AvgIpc) is 3.54. The van der Waals surface area contributed by atoms with E-state index in [-0.39, 0.29) is 18.3 Å². The number of esters is 1. The minimum Gasteiger partial charge on any atom is -0.462 e. The molecule has 1 N–H and O–H groups in total. The number of hydrogen-bond donors (Lipinski definition) is 1. The topological polar surface area (TPSA) is 86.1 Å². The second-order valence-electron chi connectivity index (χ2n) is 8.20. The Bertz CT molecular complexity index is 1440. The number of ether oxygens (including phenoxy) is 1. The van der Waals surface area contributed by atoms with E-state index in [0.717, 1.165) is 33.0 Å². The monoisotopic (exact) mass is 552 g/mol. The minimum atomic E-state index is -0.428. The molecule has 0 aliphatic carbocycles.